The van der Waals surface area contributed by atoms with Gasteiger partial charge < -0.3 is 5.11 Å². The average Bonchev–Trinajstić information content (AvgIpc) is 2.47. The number of aliphatic hydroxyl groups is 1. The molecule has 0 saturated carbocycles. The SMILES string of the molecule is CCCC(=O)c1cccc(S(=O)(=O)CC(O)(CCC)CCC)c1. The fourth-order valence-electron chi connectivity index (χ4n) is 2.87. The van der Waals surface area contributed by atoms with Crippen LogP contribution in [-0.4, -0.2) is 30.7 Å². The highest BCUT2D eigenvalue weighted by Gasteiger charge is 2.32. The summed E-state index contributed by atoms with van der Waals surface area (Å²) < 4.78 is 25.3. The molecule has 0 radical (unpaired) electrons. The van der Waals surface area contributed by atoms with Gasteiger partial charge in [0.15, 0.2) is 15.6 Å². The summed E-state index contributed by atoms with van der Waals surface area (Å²) in [5.74, 6) is -0.352. The standard InChI is InChI=1S/C18H28O4S/c1-4-8-17(19)15-9-7-10-16(13-15)23(21,22)14-18(20,11-5-2)12-6-3/h7,9-10,13,20H,4-6,8,11-12,14H2,1-3H3. The third-order valence-corrected chi connectivity index (χ3v) is 5.77. The van der Waals surface area contributed by atoms with E-state index in [9.17, 15) is 18.3 Å². The van der Waals surface area contributed by atoms with Gasteiger partial charge in [-0.1, -0.05) is 45.7 Å². The lowest BCUT2D eigenvalue weighted by molar-refractivity contribution is 0.0438. The van der Waals surface area contributed by atoms with Crippen molar-refractivity contribution in [2.75, 3.05) is 5.75 Å². The van der Waals surface area contributed by atoms with Crippen LogP contribution in [0.5, 0.6) is 0 Å². The Hall–Kier alpha value is -1.20. The van der Waals surface area contributed by atoms with Crippen LogP contribution in [-0.2, 0) is 9.84 Å². The van der Waals surface area contributed by atoms with Crippen LogP contribution < -0.4 is 0 Å². The maximum Gasteiger partial charge on any atom is 0.181 e. The molecule has 0 fully saturated rings. The van der Waals surface area contributed by atoms with Crippen LogP contribution in [0.2, 0.25) is 0 Å². The van der Waals surface area contributed by atoms with Crippen molar-refractivity contribution in [1.82, 2.24) is 0 Å². The molecule has 0 amide bonds. The van der Waals surface area contributed by atoms with Crippen LogP contribution in [0.1, 0.15) is 69.7 Å². The van der Waals surface area contributed by atoms with E-state index >= 15 is 0 Å². The molecule has 0 aliphatic rings. The van der Waals surface area contributed by atoms with Gasteiger partial charge in [-0.15, -0.1) is 0 Å². The van der Waals surface area contributed by atoms with Gasteiger partial charge in [0.2, 0.25) is 0 Å². The molecule has 1 rings (SSSR count). The molecule has 4 nitrogen and oxygen atoms in total. The summed E-state index contributed by atoms with van der Waals surface area (Å²) in [7, 11) is -3.64. The molecule has 1 aromatic rings. The molecule has 23 heavy (non-hydrogen) atoms. The minimum absolute atomic E-state index is 0.0538. The first kappa shape index (κ1) is 19.8. The Labute approximate surface area is 139 Å². The first-order chi connectivity index (χ1) is 10.8. The van der Waals surface area contributed by atoms with Crippen LogP contribution in [0.4, 0.5) is 0 Å². The summed E-state index contributed by atoms with van der Waals surface area (Å²) in [6, 6.07) is 6.16. The van der Waals surface area contributed by atoms with Crippen LogP contribution in [0.25, 0.3) is 0 Å². The molecule has 1 N–H and O–H groups in total. The number of Topliss-reactive ketones (excluding diaryl/α,β-unsaturated/α-hetero) is 1. The van der Waals surface area contributed by atoms with Crippen LogP contribution >= 0.6 is 0 Å². The van der Waals surface area contributed by atoms with Crippen LogP contribution in [0, 0.1) is 0 Å². The molecule has 0 spiro atoms. The third kappa shape index (κ3) is 5.74. The zero-order valence-electron chi connectivity index (χ0n) is 14.3. The maximum atomic E-state index is 12.7. The molecule has 0 atom stereocenters. The van der Waals surface area contributed by atoms with Crippen molar-refractivity contribution in [3.05, 3.63) is 29.8 Å². The lowest BCUT2D eigenvalue weighted by Gasteiger charge is -2.27. The van der Waals surface area contributed by atoms with Crippen molar-refractivity contribution < 1.29 is 18.3 Å². The molecule has 0 saturated heterocycles. The molecular formula is C18H28O4S. The van der Waals surface area contributed by atoms with Gasteiger partial charge in [0, 0.05) is 12.0 Å². The largest absolute Gasteiger partial charge is 0.389 e. The van der Waals surface area contributed by atoms with Gasteiger partial charge in [-0.05, 0) is 31.4 Å². The number of carbonyl (C=O) groups is 1. The monoisotopic (exact) mass is 340 g/mol. The highest BCUT2D eigenvalue weighted by atomic mass is 32.2. The van der Waals surface area contributed by atoms with E-state index in [4.69, 9.17) is 0 Å². The van der Waals surface area contributed by atoms with E-state index in [-0.39, 0.29) is 16.4 Å². The predicted molar refractivity (Wildman–Crippen MR) is 92.5 cm³/mol. The van der Waals surface area contributed by atoms with E-state index in [1.165, 1.54) is 12.1 Å². The average molecular weight is 340 g/mol. The number of hydrogen-bond donors (Lipinski definition) is 1. The first-order valence-corrected chi connectivity index (χ1v) is 10.0. The fraction of sp³-hybridized carbons (Fsp3) is 0.611. The summed E-state index contributed by atoms with van der Waals surface area (Å²) in [4.78, 5) is 12.1. The number of rotatable bonds is 10. The number of benzene rings is 1. The second-order valence-corrected chi connectivity index (χ2v) is 8.17. The molecular weight excluding hydrogens is 312 g/mol. The van der Waals surface area contributed by atoms with E-state index in [2.05, 4.69) is 0 Å². The zero-order chi connectivity index (χ0) is 17.5. The maximum absolute atomic E-state index is 12.7. The van der Waals surface area contributed by atoms with Gasteiger partial charge >= 0.3 is 0 Å². The smallest absolute Gasteiger partial charge is 0.181 e. The van der Waals surface area contributed by atoms with E-state index in [0.29, 0.717) is 24.8 Å². The fourth-order valence-corrected chi connectivity index (χ4v) is 4.63. The van der Waals surface area contributed by atoms with Crippen molar-refractivity contribution in [1.29, 1.82) is 0 Å². The van der Waals surface area contributed by atoms with Gasteiger partial charge in [-0.3, -0.25) is 4.79 Å². The molecule has 1 aromatic carbocycles. The Morgan fingerprint density at radius 1 is 1.09 bits per heavy atom. The van der Waals surface area contributed by atoms with Crippen LogP contribution in [0.3, 0.4) is 0 Å². The lowest BCUT2D eigenvalue weighted by Crippen LogP contribution is -2.37. The molecule has 0 bridgehead atoms. The summed E-state index contributed by atoms with van der Waals surface area (Å²) in [6.45, 7) is 5.77. The quantitative estimate of drug-likeness (QED) is 0.658. The van der Waals surface area contributed by atoms with Gasteiger partial charge in [-0.25, -0.2) is 8.42 Å². The van der Waals surface area contributed by atoms with E-state index in [1.54, 1.807) is 12.1 Å². The van der Waals surface area contributed by atoms with E-state index < -0.39 is 15.4 Å². The molecule has 130 valence electrons. The lowest BCUT2D eigenvalue weighted by atomic mass is 9.95. The summed E-state index contributed by atoms with van der Waals surface area (Å²) >= 11 is 0. The minimum Gasteiger partial charge on any atom is -0.389 e. The summed E-state index contributed by atoms with van der Waals surface area (Å²) in [5.41, 5.74) is -0.784. The second-order valence-electron chi connectivity index (χ2n) is 6.18. The molecule has 0 unspecified atom stereocenters. The van der Waals surface area contributed by atoms with Crippen molar-refractivity contribution in [3.63, 3.8) is 0 Å². The highest BCUT2D eigenvalue weighted by molar-refractivity contribution is 7.91. The number of ketones is 1. The summed E-state index contributed by atoms with van der Waals surface area (Å²) in [5, 5.41) is 10.6. The zero-order valence-corrected chi connectivity index (χ0v) is 15.2. The minimum atomic E-state index is -3.64. The predicted octanol–water partition coefficient (Wildman–Crippen LogP) is 3.77. The molecule has 0 aliphatic heterocycles. The second kappa shape index (κ2) is 8.60. The van der Waals surface area contributed by atoms with E-state index in [0.717, 1.165) is 19.3 Å². The van der Waals surface area contributed by atoms with Gasteiger partial charge in [0.1, 0.15) is 0 Å². The number of sulfone groups is 1. The van der Waals surface area contributed by atoms with Crippen molar-refractivity contribution in [2.45, 2.75) is 69.8 Å². The molecule has 5 heteroatoms. The van der Waals surface area contributed by atoms with Crippen LogP contribution in [0.15, 0.2) is 29.2 Å². The summed E-state index contributed by atoms with van der Waals surface area (Å²) in [6.07, 6.45) is 3.48. The molecule has 0 aliphatic carbocycles. The molecule has 0 heterocycles. The first-order valence-electron chi connectivity index (χ1n) is 8.36. The number of carbonyl (C=O) groups excluding carboxylic acids is 1. The Balaban J connectivity index is 3.08. The Morgan fingerprint density at radius 2 is 1.70 bits per heavy atom. The van der Waals surface area contributed by atoms with Crippen molar-refractivity contribution in [3.8, 4) is 0 Å². The van der Waals surface area contributed by atoms with E-state index in [1.807, 2.05) is 20.8 Å². The molecule has 0 aromatic heterocycles. The van der Waals surface area contributed by atoms with Gasteiger partial charge in [0.05, 0.1) is 16.2 Å². The third-order valence-electron chi connectivity index (χ3n) is 3.88. The Bertz CT molecular complexity index is 614. The highest BCUT2D eigenvalue weighted by Crippen LogP contribution is 2.25. The van der Waals surface area contributed by atoms with Crippen molar-refractivity contribution in [2.24, 2.45) is 0 Å². The van der Waals surface area contributed by atoms with Gasteiger partial charge in [-0.2, -0.15) is 0 Å². The normalized spacial score (nSPS) is 12.3. The Morgan fingerprint density at radius 3 is 2.22 bits per heavy atom. The van der Waals surface area contributed by atoms with Gasteiger partial charge in [0.25, 0.3) is 0 Å². The Kier molecular flexibility index (Phi) is 7.42. The topological polar surface area (TPSA) is 71.4 Å². The van der Waals surface area contributed by atoms with Crippen molar-refractivity contribution >= 4 is 15.6 Å². The number of hydrogen-bond acceptors (Lipinski definition) is 4.